The molecule has 0 spiro atoms. The maximum atomic E-state index is 12.4. The van der Waals surface area contributed by atoms with Crippen molar-refractivity contribution in [3.05, 3.63) is 53.6 Å². The average Bonchev–Trinajstić information content (AvgIpc) is 3.17. The van der Waals surface area contributed by atoms with E-state index in [4.69, 9.17) is 20.3 Å². The zero-order chi connectivity index (χ0) is 25.4. The Morgan fingerprint density at radius 2 is 1.94 bits per heavy atom. The average molecular weight is 496 g/mol. The van der Waals surface area contributed by atoms with Crippen molar-refractivity contribution in [2.24, 2.45) is 5.73 Å². The molecule has 0 radical (unpaired) electrons. The number of rotatable bonds is 13. The predicted molar refractivity (Wildman–Crippen MR) is 127 cm³/mol. The van der Waals surface area contributed by atoms with Crippen LogP contribution in [0.5, 0.6) is 11.5 Å². The van der Waals surface area contributed by atoms with Gasteiger partial charge >= 0.3 is 6.18 Å². The Morgan fingerprint density at radius 3 is 2.60 bits per heavy atom. The van der Waals surface area contributed by atoms with E-state index in [-0.39, 0.29) is 42.6 Å². The second-order valence-corrected chi connectivity index (χ2v) is 8.63. The normalized spacial score (nSPS) is 16.1. The third-order valence-corrected chi connectivity index (χ3v) is 5.78. The Hall–Kier alpha value is -2.98. The van der Waals surface area contributed by atoms with Gasteiger partial charge in [0.15, 0.2) is 18.1 Å². The Bertz CT molecular complexity index is 987. The monoisotopic (exact) mass is 495 g/mol. The third kappa shape index (κ3) is 7.76. The van der Waals surface area contributed by atoms with Gasteiger partial charge in [-0.3, -0.25) is 4.79 Å². The Balaban J connectivity index is 1.51. The SMILES string of the molecule is C[C@H](Cc1ccc2c(c1)C(C(N)=O)CN2CCCO)NCCOc1ccccc1OCC(F)(F)F. The minimum Gasteiger partial charge on any atom is -0.488 e. The van der Waals surface area contributed by atoms with Crippen LogP contribution in [0.2, 0.25) is 0 Å². The summed E-state index contributed by atoms with van der Waals surface area (Å²) in [6, 6.07) is 12.4. The minimum absolute atomic E-state index is 0.0491. The number of aliphatic hydroxyl groups excluding tert-OH is 1. The number of hydrogen-bond donors (Lipinski definition) is 3. The van der Waals surface area contributed by atoms with Gasteiger partial charge in [-0.2, -0.15) is 13.2 Å². The van der Waals surface area contributed by atoms with Gasteiger partial charge in [0, 0.05) is 38.0 Å². The van der Waals surface area contributed by atoms with Gasteiger partial charge in [0.2, 0.25) is 5.91 Å². The van der Waals surface area contributed by atoms with Crippen molar-refractivity contribution < 1.29 is 32.5 Å². The molecule has 192 valence electrons. The number of carbonyl (C=O) groups is 1. The zero-order valence-corrected chi connectivity index (χ0v) is 19.7. The summed E-state index contributed by atoms with van der Waals surface area (Å²) in [4.78, 5) is 14.1. The fraction of sp³-hybridized carbons (Fsp3) is 0.480. The van der Waals surface area contributed by atoms with Crippen LogP contribution in [0.25, 0.3) is 0 Å². The lowest BCUT2D eigenvalue weighted by Gasteiger charge is -2.19. The zero-order valence-electron chi connectivity index (χ0n) is 19.7. The maximum Gasteiger partial charge on any atom is 0.422 e. The second-order valence-electron chi connectivity index (χ2n) is 8.63. The number of aliphatic hydroxyl groups is 1. The highest BCUT2D eigenvalue weighted by atomic mass is 19.4. The first kappa shape index (κ1) is 26.6. The van der Waals surface area contributed by atoms with Gasteiger partial charge < -0.3 is 30.5 Å². The van der Waals surface area contributed by atoms with Crippen LogP contribution < -0.4 is 25.4 Å². The van der Waals surface area contributed by atoms with Gasteiger partial charge in [0.05, 0.1) is 5.92 Å². The molecule has 1 unspecified atom stereocenters. The molecule has 0 aliphatic carbocycles. The van der Waals surface area contributed by atoms with E-state index < -0.39 is 12.8 Å². The number of para-hydroxylation sites is 2. The first-order valence-corrected chi connectivity index (χ1v) is 11.6. The molecule has 4 N–H and O–H groups in total. The van der Waals surface area contributed by atoms with Crippen molar-refractivity contribution in [3.63, 3.8) is 0 Å². The Kier molecular flexibility index (Phi) is 9.22. The number of hydrogen-bond acceptors (Lipinski definition) is 6. The minimum atomic E-state index is -4.42. The maximum absolute atomic E-state index is 12.4. The molecule has 1 aliphatic heterocycles. The molecule has 0 fully saturated rings. The van der Waals surface area contributed by atoms with E-state index in [0.717, 1.165) is 16.8 Å². The van der Waals surface area contributed by atoms with Crippen LogP contribution in [-0.4, -0.2) is 62.7 Å². The number of alkyl halides is 3. The lowest BCUT2D eigenvalue weighted by Crippen LogP contribution is -2.32. The summed E-state index contributed by atoms with van der Waals surface area (Å²) in [6.07, 6.45) is -3.09. The Labute approximate surface area is 203 Å². The molecule has 1 aliphatic rings. The first-order valence-electron chi connectivity index (χ1n) is 11.6. The topological polar surface area (TPSA) is 97.1 Å². The summed E-state index contributed by atoms with van der Waals surface area (Å²) < 4.78 is 47.8. The molecule has 35 heavy (non-hydrogen) atoms. The lowest BCUT2D eigenvalue weighted by atomic mass is 9.96. The van der Waals surface area contributed by atoms with E-state index >= 15 is 0 Å². The van der Waals surface area contributed by atoms with E-state index in [0.29, 0.717) is 32.5 Å². The largest absolute Gasteiger partial charge is 0.488 e. The Morgan fingerprint density at radius 1 is 1.23 bits per heavy atom. The van der Waals surface area contributed by atoms with Crippen LogP contribution >= 0.6 is 0 Å². The number of carbonyl (C=O) groups excluding carboxylic acids is 1. The first-order chi connectivity index (χ1) is 16.7. The van der Waals surface area contributed by atoms with Crippen LogP contribution in [0.3, 0.4) is 0 Å². The number of anilines is 1. The third-order valence-electron chi connectivity index (χ3n) is 5.78. The highest BCUT2D eigenvalue weighted by Gasteiger charge is 2.32. The smallest absolute Gasteiger partial charge is 0.422 e. The fourth-order valence-corrected chi connectivity index (χ4v) is 4.17. The van der Waals surface area contributed by atoms with Crippen LogP contribution in [0.15, 0.2) is 42.5 Å². The highest BCUT2D eigenvalue weighted by Crippen LogP contribution is 2.37. The number of nitrogens with two attached hydrogens (primary N) is 1. The van der Waals surface area contributed by atoms with Crippen molar-refractivity contribution in [3.8, 4) is 11.5 Å². The molecule has 10 heteroatoms. The molecule has 0 bridgehead atoms. The van der Waals surface area contributed by atoms with Crippen LogP contribution in [-0.2, 0) is 11.2 Å². The summed E-state index contributed by atoms with van der Waals surface area (Å²) in [5, 5.41) is 12.5. The fourth-order valence-electron chi connectivity index (χ4n) is 4.17. The standard InChI is InChI=1S/C25H32F3N3O4/c1-17(30-9-12-34-22-5-2-3-6-23(22)35-16-25(26,27)28)13-18-7-8-21-19(14-18)20(24(29)33)15-31(21)10-4-11-32/h2-3,5-8,14,17,20,30,32H,4,9-13,15-16H2,1H3,(H2,29,33)/t17-,20?/m1/s1. The number of amides is 1. The molecule has 3 rings (SSSR count). The lowest BCUT2D eigenvalue weighted by molar-refractivity contribution is -0.153. The number of nitrogens with zero attached hydrogens (tertiary/aromatic N) is 1. The molecule has 0 saturated heterocycles. The number of primary amides is 1. The van der Waals surface area contributed by atoms with E-state index in [1.165, 1.54) is 6.07 Å². The molecule has 2 aromatic carbocycles. The number of ether oxygens (including phenoxy) is 2. The summed E-state index contributed by atoms with van der Waals surface area (Å²) in [5.41, 5.74) is 8.58. The van der Waals surface area contributed by atoms with Gasteiger partial charge in [-0.1, -0.05) is 24.3 Å². The second kappa shape index (κ2) is 12.1. The molecule has 2 aromatic rings. The van der Waals surface area contributed by atoms with Crippen molar-refractivity contribution >= 4 is 11.6 Å². The van der Waals surface area contributed by atoms with Gasteiger partial charge in [-0.15, -0.1) is 0 Å². The predicted octanol–water partition coefficient (Wildman–Crippen LogP) is 3.00. The van der Waals surface area contributed by atoms with Gasteiger partial charge in [-0.05, 0) is 49.1 Å². The van der Waals surface area contributed by atoms with Crippen LogP contribution in [0.1, 0.15) is 30.4 Å². The van der Waals surface area contributed by atoms with Crippen molar-refractivity contribution in [2.75, 3.05) is 44.4 Å². The molecule has 1 heterocycles. The van der Waals surface area contributed by atoms with Crippen molar-refractivity contribution in [1.82, 2.24) is 5.32 Å². The van der Waals surface area contributed by atoms with Crippen molar-refractivity contribution in [2.45, 2.75) is 37.9 Å². The summed E-state index contributed by atoms with van der Waals surface area (Å²) in [7, 11) is 0. The summed E-state index contributed by atoms with van der Waals surface area (Å²) >= 11 is 0. The number of fused-ring (bicyclic) bond motifs is 1. The van der Waals surface area contributed by atoms with Crippen molar-refractivity contribution in [1.29, 1.82) is 0 Å². The van der Waals surface area contributed by atoms with E-state index in [1.54, 1.807) is 18.2 Å². The number of halogens is 3. The molecule has 2 atom stereocenters. The number of benzene rings is 2. The van der Waals surface area contributed by atoms with Gasteiger partial charge in [-0.25, -0.2) is 0 Å². The summed E-state index contributed by atoms with van der Waals surface area (Å²) in [5.74, 6) is -0.432. The van der Waals surface area contributed by atoms with Gasteiger partial charge in [0.25, 0.3) is 0 Å². The van der Waals surface area contributed by atoms with E-state index in [9.17, 15) is 18.0 Å². The molecule has 1 amide bonds. The quantitative estimate of drug-likeness (QED) is 0.370. The van der Waals surface area contributed by atoms with E-state index in [2.05, 4.69) is 10.2 Å². The van der Waals surface area contributed by atoms with Crippen LogP contribution in [0, 0.1) is 0 Å². The molecule has 0 saturated carbocycles. The molecular weight excluding hydrogens is 463 g/mol. The molecule has 7 nitrogen and oxygen atoms in total. The van der Waals surface area contributed by atoms with Crippen LogP contribution in [0.4, 0.5) is 18.9 Å². The van der Waals surface area contributed by atoms with Gasteiger partial charge in [0.1, 0.15) is 6.61 Å². The highest BCUT2D eigenvalue weighted by molar-refractivity contribution is 5.87. The van der Waals surface area contributed by atoms with E-state index in [1.807, 2.05) is 25.1 Å². The number of nitrogens with one attached hydrogen (secondary N) is 1. The molecular formula is C25H32F3N3O4. The molecule has 0 aromatic heterocycles. The summed E-state index contributed by atoms with van der Waals surface area (Å²) in [6.45, 7) is 2.65.